The molecule has 8 rings (SSSR count). The Kier molecular flexibility index (Phi) is 11.3. The van der Waals surface area contributed by atoms with Crippen LogP contribution in [0, 0.1) is 11.8 Å². The van der Waals surface area contributed by atoms with Gasteiger partial charge in [0.15, 0.2) is 0 Å². The van der Waals surface area contributed by atoms with E-state index in [1.807, 2.05) is 30.6 Å². The van der Waals surface area contributed by atoms with E-state index in [9.17, 15) is 0 Å². The SMILES string of the molecule is CC(C)Cc1ccnc(-c2cc(Oc3ccc4c5ccc(Oc6cc(-c7cc(CC(C)C)ccn7)cc(C(C)C)c6)cc5n(-c5ncccn5)c4c3)cc(C(C)C)c2)c1. The Morgan fingerprint density at radius 1 is 0.458 bits per heavy atom. The van der Waals surface area contributed by atoms with Gasteiger partial charge in [-0.3, -0.25) is 14.5 Å². The van der Waals surface area contributed by atoms with E-state index in [1.165, 1.54) is 22.3 Å². The van der Waals surface area contributed by atoms with Crippen molar-refractivity contribution in [3.05, 3.63) is 150 Å². The van der Waals surface area contributed by atoms with Gasteiger partial charge in [-0.25, -0.2) is 9.97 Å². The van der Waals surface area contributed by atoms with Gasteiger partial charge in [-0.1, -0.05) is 55.4 Å². The number of pyridine rings is 2. The fraction of sp³-hybridized carbons (Fsp3) is 0.269. The third kappa shape index (κ3) is 8.90. The van der Waals surface area contributed by atoms with Gasteiger partial charge in [-0.05, 0) is 150 Å². The molecule has 298 valence electrons. The summed E-state index contributed by atoms with van der Waals surface area (Å²) in [5, 5.41) is 2.12. The van der Waals surface area contributed by atoms with Crippen LogP contribution in [0.3, 0.4) is 0 Å². The van der Waals surface area contributed by atoms with Gasteiger partial charge >= 0.3 is 0 Å². The first-order chi connectivity index (χ1) is 28.5. The molecule has 0 radical (unpaired) electrons. The minimum Gasteiger partial charge on any atom is -0.457 e. The Morgan fingerprint density at radius 3 is 1.34 bits per heavy atom. The molecule has 0 saturated carbocycles. The molecular formula is C52H53N5O2. The van der Waals surface area contributed by atoms with E-state index in [2.05, 4.69) is 145 Å². The molecule has 0 aliphatic carbocycles. The van der Waals surface area contributed by atoms with E-state index < -0.39 is 0 Å². The van der Waals surface area contributed by atoms with E-state index in [1.54, 1.807) is 12.4 Å². The fourth-order valence-electron chi connectivity index (χ4n) is 7.79. The number of ether oxygens (including phenoxy) is 2. The van der Waals surface area contributed by atoms with Crippen molar-refractivity contribution in [2.24, 2.45) is 11.8 Å². The average Bonchev–Trinajstić information content (AvgIpc) is 3.53. The quantitative estimate of drug-likeness (QED) is 0.116. The summed E-state index contributed by atoms with van der Waals surface area (Å²) in [6.07, 6.45) is 9.38. The molecule has 0 amide bonds. The standard InChI is InChI=1S/C52H53N5O2/c1-32(2)20-36-14-18-53-48(22-36)40-24-38(34(5)6)26-44(28-40)58-42-10-12-46-47-13-11-43(31-51(47)57(50(46)30-42)52-55-16-9-17-56-52)59-45-27-39(35(7)8)25-41(29-45)49-23-37(15-19-54-49)21-33(3)4/h9-19,22-35H,20-21H2,1-8H3. The van der Waals surface area contributed by atoms with Crippen LogP contribution in [0.1, 0.15) is 89.5 Å². The number of fused-ring (bicyclic) bond motifs is 3. The van der Waals surface area contributed by atoms with E-state index >= 15 is 0 Å². The first kappa shape index (κ1) is 39.5. The topological polar surface area (TPSA) is 75.0 Å². The van der Waals surface area contributed by atoms with Gasteiger partial charge in [0.2, 0.25) is 5.95 Å². The van der Waals surface area contributed by atoms with Crippen LogP contribution in [0.5, 0.6) is 23.0 Å². The first-order valence-corrected chi connectivity index (χ1v) is 20.9. The van der Waals surface area contributed by atoms with Crippen molar-refractivity contribution in [1.82, 2.24) is 24.5 Å². The largest absolute Gasteiger partial charge is 0.457 e. The maximum Gasteiger partial charge on any atom is 0.234 e. The molecule has 4 heterocycles. The number of benzene rings is 4. The van der Waals surface area contributed by atoms with E-state index in [0.717, 1.165) is 68.7 Å². The summed E-state index contributed by atoms with van der Waals surface area (Å²) in [5.41, 5.74) is 10.8. The fourth-order valence-corrected chi connectivity index (χ4v) is 7.79. The van der Waals surface area contributed by atoms with Gasteiger partial charge in [0.05, 0.1) is 22.4 Å². The second-order valence-electron chi connectivity index (χ2n) is 17.1. The molecule has 7 nitrogen and oxygen atoms in total. The van der Waals surface area contributed by atoms with Gasteiger partial charge in [0.25, 0.3) is 0 Å². The van der Waals surface area contributed by atoms with Crippen LogP contribution in [0.15, 0.2) is 128 Å². The van der Waals surface area contributed by atoms with Crippen LogP contribution in [-0.4, -0.2) is 24.5 Å². The first-order valence-electron chi connectivity index (χ1n) is 20.9. The molecule has 0 fully saturated rings. The third-order valence-corrected chi connectivity index (χ3v) is 10.7. The minimum atomic E-state index is 0.310. The zero-order valence-corrected chi connectivity index (χ0v) is 35.4. The molecular weight excluding hydrogens is 727 g/mol. The van der Waals surface area contributed by atoms with E-state index in [-0.39, 0.29) is 0 Å². The zero-order chi connectivity index (χ0) is 41.2. The zero-order valence-electron chi connectivity index (χ0n) is 35.4. The lowest BCUT2D eigenvalue weighted by atomic mass is 9.97. The molecule has 4 aromatic carbocycles. The van der Waals surface area contributed by atoms with Crippen LogP contribution in [-0.2, 0) is 12.8 Å². The monoisotopic (exact) mass is 779 g/mol. The van der Waals surface area contributed by atoms with Crippen molar-refractivity contribution in [2.75, 3.05) is 0 Å². The number of hydrogen-bond donors (Lipinski definition) is 0. The summed E-state index contributed by atoms with van der Waals surface area (Å²) in [5.74, 6) is 5.27. The summed E-state index contributed by atoms with van der Waals surface area (Å²) in [6, 6.07) is 35.8. The lowest BCUT2D eigenvalue weighted by Crippen LogP contribution is -2.00. The van der Waals surface area contributed by atoms with Crippen LogP contribution in [0.25, 0.3) is 50.3 Å². The lowest BCUT2D eigenvalue weighted by Gasteiger charge is -2.14. The van der Waals surface area contributed by atoms with Gasteiger partial charge in [0.1, 0.15) is 23.0 Å². The molecule has 0 unspecified atom stereocenters. The Balaban J connectivity index is 1.18. The summed E-state index contributed by atoms with van der Waals surface area (Å²) < 4.78 is 15.5. The van der Waals surface area contributed by atoms with Crippen LogP contribution < -0.4 is 9.47 Å². The Hall–Kier alpha value is -6.34. The number of nitrogens with zero attached hydrogens (tertiary/aromatic N) is 5. The maximum atomic E-state index is 6.72. The Labute approximate surface area is 348 Å². The maximum absolute atomic E-state index is 6.72. The van der Waals surface area contributed by atoms with Crippen molar-refractivity contribution in [3.8, 4) is 51.5 Å². The molecule has 59 heavy (non-hydrogen) atoms. The Morgan fingerprint density at radius 2 is 0.915 bits per heavy atom. The highest BCUT2D eigenvalue weighted by Gasteiger charge is 2.18. The predicted octanol–water partition coefficient (Wildman–Crippen LogP) is 13.9. The molecule has 0 atom stereocenters. The molecule has 0 N–H and O–H groups in total. The molecule has 4 aromatic heterocycles. The summed E-state index contributed by atoms with van der Waals surface area (Å²) >= 11 is 0. The van der Waals surface area contributed by atoms with Crippen molar-refractivity contribution in [2.45, 2.75) is 80.1 Å². The van der Waals surface area contributed by atoms with Crippen molar-refractivity contribution < 1.29 is 9.47 Å². The van der Waals surface area contributed by atoms with Gasteiger partial charge in [-0.15, -0.1) is 0 Å². The van der Waals surface area contributed by atoms with Crippen LogP contribution in [0.2, 0.25) is 0 Å². The number of aromatic nitrogens is 5. The van der Waals surface area contributed by atoms with Gasteiger partial charge in [0, 0.05) is 58.8 Å². The lowest BCUT2D eigenvalue weighted by molar-refractivity contribution is 0.482. The minimum absolute atomic E-state index is 0.310. The molecule has 0 aliphatic heterocycles. The van der Waals surface area contributed by atoms with Crippen molar-refractivity contribution in [3.63, 3.8) is 0 Å². The van der Waals surface area contributed by atoms with Crippen LogP contribution in [0.4, 0.5) is 0 Å². The molecule has 0 aliphatic rings. The number of hydrogen-bond acceptors (Lipinski definition) is 6. The normalized spacial score (nSPS) is 11.8. The van der Waals surface area contributed by atoms with E-state index in [4.69, 9.17) is 29.4 Å². The second kappa shape index (κ2) is 16.9. The predicted molar refractivity (Wildman–Crippen MR) is 241 cm³/mol. The van der Waals surface area contributed by atoms with Gasteiger partial charge < -0.3 is 9.47 Å². The summed E-state index contributed by atoms with van der Waals surface area (Å²) in [4.78, 5) is 18.9. The summed E-state index contributed by atoms with van der Waals surface area (Å²) in [7, 11) is 0. The van der Waals surface area contributed by atoms with Gasteiger partial charge in [-0.2, -0.15) is 0 Å². The Bertz CT molecular complexity index is 2580. The highest BCUT2D eigenvalue weighted by Crippen LogP contribution is 2.39. The highest BCUT2D eigenvalue weighted by molar-refractivity contribution is 6.09. The van der Waals surface area contributed by atoms with Crippen molar-refractivity contribution >= 4 is 21.8 Å². The molecule has 8 aromatic rings. The third-order valence-electron chi connectivity index (χ3n) is 10.7. The van der Waals surface area contributed by atoms with E-state index in [0.29, 0.717) is 41.1 Å². The average molecular weight is 780 g/mol. The molecule has 0 spiro atoms. The van der Waals surface area contributed by atoms with Crippen LogP contribution >= 0.6 is 0 Å². The second-order valence-corrected chi connectivity index (χ2v) is 17.1. The number of rotatable bonds is 13. The van der Waals surface area contributed by atoms with Crippen molar-refractivity contribution in [1.29, 1.82) is 0 Å². The molecule has 7 heteroatoms. The molecule has 0 saturated heterocycles. The molecule has 0 bridgehead atoms. The summed E-state index contributed by atoms with van der Waals surface area (Å²) in [6.45, 7) is 17.8. The highest BCUT2D eigenvalue weighted by atomic mass is 16.5. The smallest absolute Gasteiger partial charge is 0.234 e.